The largest absolute Gasteiger partial charge is 0.314 e. The Morgan fingerprint density at radius 2 is 2.07 bits per heavy atom. The van der Waals surface area contributed by atoms with Gasteiger partial charge in [0.05, 0.1) is 0 Å². The van der Waals surface area contributed by atoms with E-state index in [0.29, 0.717) is 6.04 Å². The molecule has 15 heavy (non-hydrogen) atoms. The summed E-state index contributed by atoms with van der Waals surface area (Å²) < 4.78 is 0. The standard InChI is InChI=1S/C13H21NS/c1-4-9-14-11(2)10-12-7-5-6-8-13(12)15-3/h5-8,11,14H,4,9-10H2,1-3H3. The van der Waals surface area contributed by atoms with Crippen LogP contribution >= 0.6 is 11.8 Å². The molecule has 1 rings (SSSR count). The van der Waals surface area contributed by atoms with Crippen LogP contribution in [-0.4, -0.2) is 18.8 Å². The van der Waals surface area contributed by atoms with Crippen molar-refractivity contribution in [3.63, 3.8) is 0 Å². The number of hydrogen-bond acceptors (Lipinski definition) is 2. The molecule has 0 aromatic heterocycles. The van der Waals surface area contributed by atoms with Gasteiger partial charge in [0.15, 0.2) is 0 Å². The molecule has 2 heteroatoms. The Morgan fingerprint density at radius 3 is 2.73 bits per heavy atom. The molecule has 1 aromatic carbocycles. The predicted octanol–water partition coefficient (Wildman–Crippen LogP) is 3.34. The molecule has 0 spiro atoms. The Labute approximate surface area is 97.7 Å². The lowest BCUT2D eigenvalue weighted by Crippen LogP contribution is -2.28. The fourth-order valence-corrected chi connectivity index (χ4v) is 2.29. The molecular weight excluding hydrogens is 202 g/mol. The van der Waals surface area contributed by atoms with Crippen LogP contribution in [0, 0.1) is 0 Å². The van der Waals surface area contributed by atoms with Gasteiger partial charge in [-0.05, 0) is 44.2 Å². The van der Waals surface area contributed by atoms with Crippen molar-refractivity contribution in [2.24, 2.45) is 0 Å². The number of hydrogen-bond donors (Lipinski definition) is 1. The molecule has 0 aliphatic heterocycles. The zero-order valence-corrected chi connectivity index (χ0v) is 10.7. The molecule has 0 amide bonds. The van der Waals surface area contributed by atoms with Gasteiger partial charge in [-0.3, -0.25) is 0 Å². The molecule has 0 bridgehead atoms. The summed E-state index contributed by atoms with van der Waals surface area (Å²) in [6.07, 6.45) is 4.47. The van der Waals surface area contributed by atoms with Gasteiger partial charge in [-0.25, -0.2) is 0 Å². The number of thioether (sulfide) groups is 1. The molecule has 0 saturated carbocycles. The van der Waals surface area contributed by atoms with Gasteiger partial charge >= 0.3 is 0 Å². The Kier molecular flexibility index (Phi) is 5.81. The van der Waals surface area contributed by atoms with Gasteiger partial charge in [0.1, 0.15) is 0 Å². The van der Waals surface area contributed by atoms with Gasteiger partial charge in [0, 0.05) is 10.9 Å². The van der Waals surface area contributed by atoms with Crippen LogP contribution in [0.1, 0.15) is 25.8 Å². The third-order valence-electron chi connectivity index (χ3n) is 2.46. The molecule has 1 N–H and O–H groups in total. The Bertz CT molecular complexity index is 286. The van der Waals surface area contributed by atoms with Gasteiger partial charge in [0.2, 0.25) is 0 Å². The van der Waals surface area contributed by atoms with Crippen LogP contribution in [-0.2, 0) is 6.42 Å². The average Bonchev–Trinajstić information content (AvgIpc) is 2.27. The molecule has 0 aliphatic rings. The highest BCUT2D eigenvalue weighted by atomic mass is 32.2. The van der Waals surface area contributed by atoms with E-state index in [1.165, 1.54) is 16.9 Å². The van der Waals surface area contributed by atoms with E-state index in [-0.39, 0.29) is 0 Å². The van der Waals surface area contributed by atoms with Crippen molar-refractivity contribution in [2.45, 2.75) is 37.6 Å². The van der Waals surface area contributed by atoms with E-state index < -0.39 is 0 Å². The van der Waals surface area contributed by atoms with Gasteiger partial charge in [-0.2, -0.15) is 0 Å². The lowest BCUT2D eigenvalue weighted by atomic mass is 10.1. The molecule has 1 aromatic rings. The fourth-order valence-electron chi connectivity index (χ4n) is 1.66. The van der Waals surface area contributed by atoms with E-state index in [4.69, 9.17) is 0 Å². The summed E-state index contributed by atoms with van der Waals surface area (Å²) in [5.41, 5.74) is 1.46. The molecular formula is C13H21NS. The topological polar surface area (TPSA) is 12.0 Å². The monoisotopic (exact) mass is 223 g/mol. The van der Waals surface area contributed by atoms with Crippen molar-refractivity contribution in [3.05, 3.63) is 29.8 Å². The first kappa shape index (κ1) is 12.6. The van der Waals surface area contributed by atoms with Crippen LogP contribution in [0.3, 0.4) is 0 Å². The van der Waals surface area contributed by atoms with Crippen molar-refractivity contribution in [2.75, 3.05) is 12.8 Å². The van der Waals surface area contributed by atoms with Crippen molar-refractivity contribution in [3.8, 4) is 0 Å². The van der Waals surface area contributed by atoms with E-state index in [1.807, 2.05) is 11.8 Å². The van der Waals surface area contributed by atoms with Crippen molar-refractivity contribution in [1.29, 1.82) is 0 Å². The highest BCUT2D eigenvalue weighted by Crippen LogP contribution is 2.20. The zero-order valence-electron chi connectivity index (χ0n) is 9.92. The molecule has 0 saturated heterocycles. The Morgan fingerprint density at radius 1 is 1.33 bits per heavy atom. The first-order valence-electron chi connectivity index (χ1n) is 5.63. The predicted molar refractivity (Wildman–Crippen MR) is 69.7 cm³/mol. The number of benzene rings is 1. The number of rotatable bonds is 6. The normalized spacial score (nSPS) is 12.7. The maximum Gasteiger partial charge on any atom is 0.0102 e. The second kappa shape index (κ2) is 6.91. The zero-order chi connectivity index (χ0) is 11.1. The van der Waals surface area contributed by atoms with E-state index in [2.05, 4.69) is 49.7 Å². The fraction of sp³-hybridized carbons (Fsp3) is 0.538. The van der Waals surface area contributed by atoms with Gasteiger partial charge in [0.25, 0.3) is 0 Å². The minimum atomic E-state index is 0.568. The van der Waals surface area contributed by atoms with Crippen molar-refractivity contribution in [1.82, 2.24) is 5.32 Å². The summed E-state index contributed by atoms with van der Waals surface area (Å²) in [6, 6.07) is 9.24. The van der Waals surface area contributed by atoms with Crippen LogP contribution in [0.5, 0.6) is 0 Å². The highest BCUT2D eigenvalue weighted by Gasteiger charge is 2.05. The van der Waals surface area contributed by atoms with Gasteiger partial charge in [-0.15, -0.1) is 11.8 Å². The van der Waals surface area contributed by atoms with Crippen LogP contribution < -0.4 is 5.32 Å². The van der Waals surface area contributed by atoms with Gasteiger partial charge in [-0.1, -0.05) is 25.1 Å². The molecule has 0 fully saturated rings. The highest BCUT2D eigenvalue weighted by molar-refractivity contribution is 7.98. The summed E-state index contributed by atoms with van der Waals surface area (Å²) in [5, 5.41) is 3.52. The van der Waals surface area contributed by atoms with Crippen LogP contribution in [0.15, 0.2) is 29.2 Å². The molecule has 1 nitrogen and oxygen atoms in total. The molecule has 1 atom stereocenters. The first-order chi connectivity index (χ1) is 7.27. The summed E-state index contributed by atoms with van der Waals surface area (Å²) in [6.45, 7) is 5.57. The minimum absolute atomic E-state index is 0.568. The maximum atomic E-state index is 3.52. The minimum Gasteiger partial charge on any atom is -0.314 e. The van der Waals surface area contributed by atoms with E-state index in [9.17, 15) is 0 Å². The molecule has 0 radical (unpaired) electrons. The maximum absolute atomic E-state index is 3.52. The number of nitrogens with one attached hydrogen (secondary N) is 1. The van der Waals surface area contributed by atoms with Crippen LogP contribution in [0.4, 0.5) is 0 Å². The summed E-state index contributed by atoms with van der Waals surface area (Å²) in [7, 11) is 0. The SMILES string of the molecule is CCCNC(C)Cc1ccccc1SC. The lowest BCUT2D eigenvalue weighted by molar-refractivity contribution is 0.541. The summed E-state index contributed by atoms with van der Waals surface area (Å²) in [5.74, 6) is 0. The quantitative estimate of drug-likeness (QED) is 0.742. The first-order valence-corrected chi connectivity index (χ1v) is 6.85. The third kappa shape index (κ3) is 4.27. The molecule has 1 unspecified atom stereocenters. The van der Waals surface area contributed by atoms with Crippen molar-refractivity contribution < 1.29 is 0 Å². The second-order valence-electron chi connectivity index (χ2n) is 3.87. The molecule has 0 heterocycles. The third-order valence-corrected chi connectivity index (χ3v) is 3.30. The van der Waals surface area contributed by atoms with Crippen molar-refractivity contribution >= 4 is 11.8 Å². The smallest absolute Gasteiger partial charge is 0.0102 e. The van der Waals surface area contributed by atoms with E-state index in [1.54, 1.807) is 0 Å². The Balaban J connectivity index is 2.55. The second-order valence-corrected chi connectivity index (χ2v) is 4.72. The van der Waals surface area contributed by atoms with Crippen LogP contribution in [0.2, 0.25) is 0 Å². The van der Waals surface area contributed by atoms with Gasteiger partial charge < -0.3 is 5.32 Å². The molecule has 0 aliphatic carbocycles. The summed E-state index contributed by atoms with van der Waals surface area (Å²) >= 11 is 1.83. The van der Waals surface area contributed by atoms with Crippen LogP contribution in [0.25, 0.3) is 0 Å². The molecule has 84 valence electrons. The van der Waals surface area contributed by atoms with E-state index in [0.717, 1.165) is 13.0 Å². The lowest BCUT2D eigenvalue weighted by Gasteiger charge is -2.15. The Hall–Kier alpha value is -0.470. The van der Waals surface area contributed by atoms with E-state index >= 15 is 0 Å². The average molecular weight is 223 g/mol. The summed E-state index contributed by atoms with van der Waals surface area (Å²) in [4.78, 5) is 1.41.